The van der Waals surface area contributed by atoms with Gasteiger partial charge in [-0.15, -0.1) is 0 Å². The first-order valence-electron chi connectivity index (χ1n) is 20.3. The monoisotopic (exact) mass is 804 g/mol. The number of ketones is 1. The lowest BCUT2D eigenvalue weighted by atomic mass is 9.78. The van der Waals surface area contributed by atoms with Crippen molar-refractivity contribution in [3.8, 4) is 17.2 Å². The Morgan fingerprint density at radius 3 is 2.17 bits per heavy atom. The van der Waals surface area contributed by atoms with Crippen LogP contribution in [0.25, 0.3) is 10.8 Å². The summed E-state index contributed by atoms with van der Waals surface area (Å²) in [4.78, 5) is 41.1. The molecule has 6 rings (SSSR count). The van der Waals surface area contributed by atoms with Gasteiger partial charge in [0.1, 0.15) is 22.5 Å². The largest absolute Gasteiger partial charge is 0.507 e. The van der Waals surface area contributed by atoms with Gasteiger partial charge in [0, 0.05) is 86.7 Å². The minimum Gasteiger partial charge on any atom is -0.507 e. The van der Waals surface area contributed by atoms with Gasteiger partial charge >= 0.3 is 5.79 Å². The van der Waals surface area contributed by atoms with Crippen LogP contribution in [-0.2, 0) is 14.3 Å². The Bertz CT molecular complexity index is 2170. The molecule has 1 amide bonds. The highest BCUT2D eigenvalue weighted by atomic mass is 16.7. The molecule has 14 heteroatoms. The van der Waals surface area contributed by atoms with E-state index in [9.17, 15) is 35.1 Å². The number of likely N-dealkylation sites (tertiary alicyclic amines) is 1. The number of allylic oxidation sites excluding steroid dienone is 2. The van der Waals surface area contributed by atoms with Crippen molar-refractivity contribution in [3.63, 3.8) is 0 Å². The van der Waals surface area contributed by atoms with Gasteiger partial charge in [0.05, 0.1) is 47.0 Å². The fraction of sp³-hybridized carbons (Fsp3) is 0.591. The molecule has 4 bridgehead atoms. The molecule has 1 saturated heterocycles. The van der Waals surface area contributed by atoms with E-state index in [0.29, 0.717) is 31.8 Å². The van der Waals surface area contributed by atoms with Crippen molar-refractivity contribution in [3.05, 3.63) is 58.0 Å². The molecular formula is C44H60N4O10. The average Bonchev–Trinajstić information content (AvgIpc) is 3.69. The summed E-state index contributed by atoms with van der Waals surface area (Å²) in [6.45, 7) is 18.2. The Morgan fingerprint density at radius 1 is 0.914 bits per heavy atom. The van der Waals surface area contributed by atoms with Crippen LogP contribution < -0.4 is 20.8 Å². The number of aliphatic hydroxyl groups excluding tert-OH is 3. The maximum absolute atomic E-state index is 14.6. The summed E-state index contributed by atoms with van der Waals surface area (Å²) in [7, 11) is 1.47. The van der Waals surface area contributed by atoms with Crippen LogP contribution in [0.5, 0.6) is 17.2 Å². The fourth-order valence-corrected chi connectivity index (χ4v) is 8.81. The van der Waals surface area contributed by atoms with Crippen LogP contribution in [0.2, 0.25) is 0 Å². The quantitative estimate of drug-likeness (QED) is 0.243. The number of piperidine rings is 1. The molecule has 1 spiro atoms. The first kappa shape index (κ1) is 43.2. The van der Waals surface area contributed by atoms with Gasteiger partial charge in [-0.2, -0.15) is 0 Å². The Hall–Kier alpha value is -4.34. The number of phenolic OH excluding ortho intramolecular Hbond substituents is 2. The van der Waals surface area contributed by atoms with E-state index in [1.807, 2.05) is 0 Å². The van der Waals surface area contributed by atoms with E-state index in [2.05, 4.69) is 24.1 Å². The second-order valence-corrected chi connectivity index (χ2v) is 17.4. The van der Waals surface area contributed by atoms with Crippen LogP contribution in [-0.4, -0.2) is 105 Å². The summed E-state index contributed by atoms with van der Waals surface area (Å²) in [5.41, 5.74) is -0.508. The van der Waals surface area contributed by atoms with Gasteiger partial charge in [0.2, 0.25) is 0 Å². The summed E-state index contributed by atoms with van der Waals surface area (Å²) < 4.78 is 18.0. The molecule has 6 N–H and O–H groups in total. The number of benzene rings is 2. The number of anilines is 1. The predicted molar refractivity (Wildman–Crippen MR) is 218 cm³/mol. The van der Waals surface area contributed by atoms with Crippen molar-refractivity contribution in [1.29, 1.82) is 0 Å². The van der Waals surface area contributed by atoms with Gasteiger partial charge in [-0.1, -0.05) is 59.8 Å². The summed E-state index contributed by atoms with van der Waals surface area (Å²) >= 11 is 0. The molecule has 58 heavy (non-hydrogen) atoms. The molecule has 0 saturated carbocycles. The third-order valence-electron chi connectivity index (χ3n) is 12.6. The lowest BCUT2D eigenvalue weighted by molar-refractivity contribution is -0.112. The molecule has 4 heterocycles. The van der Waals surface area contributed by atoms with Gasteiger partial charge in [-0.3, -0.25) is 19.6 Å². The topological polar surface area (TPSA) is 203 Å². The van der Waals surface area contributed by atoms with Gasteiger partial charge in [0.15, 0.2) is 11.4 Å². The third kappa shape index (κ3) is 7.65. The summed E-state index contributed by atoms with van der Waals surface area (Å²) in [5, 5.41) is 61.1. The van der Waals surface area contributed by atoms with Crippen molar-refractivity contribution in [2.45, 2.75) is 111 Å². The average molecular weight is 805 g/mol. The molecule has 0 aromatic heterocycles. The normalized spacial score (nSPS) is 33.0. The number of ether oxygens (including phenoxy) is 3. The standard InChI is InChI=1S/C44H60N4O10/c1-21(2)20-48-17-15-44(16-18-48)46-32-29-30-38(52)27(8)40-31(29)41(54)43(9,58-40)57-19-14-28(56-10)24(5)36(50)26(7)37(51)25(6)35(49)22(3)12-11-13-23(4)42(55)45-34(39(30)53)33(32)47-44/h11-14,19,21-22,24-26,28,35-37,49-53H,15-18,20H2,1-10H3,(H,45,55)/b12-11+,19-14+,23-13?/t22-,24+,25+,26-,28-,35-,36+,37+,43-/m0/s1. The molecule has 0 unspecified atom stereocenters. The number of rotatable bonds is 3. The van der Waals surface area contributed by atoms with Crippen LogP contribution >= 0.6 is 0 Å². The zero-order chi connectivity index (χ0) is 42.6. The number of phenols is 2. The van der Waals surface area contributed by atoms with Crippen LogP contribution in [0.3, 0.4) is 0 Å². The number of aliphatic hydroxyl groups is 3. The highest BCUT2D eigenvalue weighted by Crippen LogP contribution is 2.50. The summed E-state index contributed by atoms with van der Waals surface area (Å²) in [5.74, 6) is -5.71. The van der Waals surface area contributed by atoms with Gasteiger partial charge in [-0.05, 0) is 25.8 Å². The van der Waals surface area contributed by atoms with E-state index < -0.39 is 77.0 Å². The Balaban J connectivity index is 1.54. The molecule has 316 valence electrons. The molecule has 0 aliphatic carbocycles. The number of methoxy groups -OCH3 is 1. The van der Waals surface area contributed by atoms with Crippen molar-refractivity contribution in [2.75, 3.05) is 32.1 Å². The number of amides is 1. The Labute approximate surface area is 339 Å². The molecule has 4 aliphatic rings. The second-order valence-electron chi connectivity index (χ2n) is 17.4. The van der Waals surface area contributed by atoms with Crippen LogP contribution in [0.1, 0.15) is 84.2 Å². The highest BCUT2D eigenvalue weighted by Gasteiger charge is 2.50. The van der Waals surface area contributed by atoms with Crippen molar-refractivity contribution in [2.24, 2.45) is 39.6 Å². The maximum atomic E-state index is 14.6. The molecule has 1 fully saturated rings. The minimum absolute atomic E-state index is 0.0467. The fourth-order valence-electron chi connectivity index (χ4n) is 8.81. The smallest absolute Gasteiger partial charge is 0.312 e. The lowest BCUT2D eigenvalue weighted by Crippen LogP contribution is -2.44. The SMILES string of the molecule is CO[C@H]1/C=C/O[C@@]2(C)Oc3c(C)c(O)c4c(O)c(c5c(c4c3C2=O)=NC2(CCN(CC(C)C)CC2)N=5)NC(=O)C(C)=C/C=C/[C@H](C)[C@H](O)[C@@H](C)[C@@H](O)[C@@H](C)[C@H](O)[C@@H]1C. The first-order valence-corrected chi connectivity index (χ1v) is 20.3. The van der Waals surface area contributed by atoms with E-state index in [-0.39, 0.29) is 55.4 Å². The van der Waals surface area contributed by atoms with Crippen molar-refractivity contribution >= 4 is 28.2 Å². The van der Waals surface area contributed by atoms with E-state index >= 15 is 0 Å². The van der Waals surface area contributed by atoms with Crippen LogP contribution in [0, 0.1) is 36.5 Å². The van der Waals surface area contributed by atoms with Crippen LogP contribution in [0.4, 0.5) is 5.69 Å². The molecule has 2 aromatic carbocycles. The zero-order valence-corrected chi connectivity index (χ0v) is 35.2. The second kappa shape index (κ2) is 16.4. The lowest BCUT2D eigenvalue weighted by Gasteiger charge is -2.36. The molecule has 2 aromatic rings. The summed E-state index contributed by atoms with van der Waals surface area (Å²) in [6, 6.07) is 0. The van der Waals surface area contributed by atoms with Crippen molar-refractivity contribution < 1.29 is 49.3 Å². The molecule has 0 radical (unpaired) electrons. The number of nitrogens with one attached hydrogen (secondary N) is 1. The number of aromatic hydroxyl groups is 2. The zero-order valence-electron chi connectivity index (χ0n) is 35.2. The predicted octanol–water partition coefficient (Wildman–Crippen LogP) is 4.18. The highest BCUT2D eigenvalue weighted by molar-refractivity contribution is 6.19. The van der Waals surface area contributed by atoms with Gasteiger partial charge in [-0.25, -0.2) is 0 Å². The molecule has 9 atom stereocenters. The molecule has 14 nitrogen and oxygen atoms in total. The summed E-state index contributed by atoms with van der Waals surface area (Å²) in [6.07, 6.45) is 4.98. The number of carbonyl (C=O) groups excluding carboxylic acids is 2. The number of hydrogen-bond acceptors (Lipinski definition) is 13. The first-order chi connectivity index (χ1) is 27.3. The van der Waals surface area contributed by atoms with Crippen LogP contribution in [0.15, 0.2) is 46.1 Å². The van der Waals surface area contributed by atoms with Gasteiger partial charge < -0.3 is 50.0 Å². The number of fused-ring (bicyclic) bond motifs is 1. The number of carbonyl (C=O) groups is 2. The maximum Gasteiger partial charge on any atom is 0.312 e. The van der Waals surface area contributed by atoms with Crippen molar-refractivity contribution in [1.82, 2.24) is 4.90 Å². The number of hydrogen-bond donors (Lipinski definition) is 6. The van der Waals surface area contributed by atoms with E-state index in [4.69, 9.17) is 24.2 Å². The van der Waals surface area contributed by atoms with E-state index in [1.165, 1.54) is 20.3 Å². The Morgan fingerprint density at radius 2 is 1.53 bits per heavy atom. The van der Waals surface area contributed by atoms with Gasteiger partial charge in [0.25, 0.3) is 11.7 Å². The molecule has 4 aliphatic heterocycles. The number of Topliss-reactive ketones (excluding diaryl/α,β-unsaturated/α-hetero) is 1. The number of nitrogens with zero attached hydrogens (tertiary/aromatic N) is 3. The minimum atomic E-state index is -1.93. The van der Waals surface area contributed by atoms with E-state index in [0.717, 1.165) is 6.54 Å². The molecular weight excluding hydrogens is 745 g/mol. The van der Waals surface area contributed by atoms with E-state index in [1.54, 1.807) is 65.8 Å². The third-order valence-corrected chi connectivity index (χ3v) is 12.6. The Kier molecular flexibility index (Phi) is 12.2.